The van der Waals surface area contributed by atoms with Crippen LogP contribution < -0.4 is 4.57 Å². The van der Waals surface area contributed by atoms with Gasteiger partial charge in [0.15, 0.2) is 0 Å². The van der Waals surface area contributed by atoms with Crippen molar-refractivity contribution in [2.24, 2.45) is 16.7 Å². The van der Waals surface area contributed by atoms with Gasteiger partial charge < -0.3 is 4.74 Å². The molecule has 3 atom stereocenters. The van der Waals surface area contributed by atoms with E-state index >= 15 is 0 Å². The van der Waals surface area contributed by atoms with Crippen LogP contribution in [0.3, 0.4) is 0 Å². The lowest BCUT2D eigenvalue weighted by Gasteiger charge is -2.48. The second-order valence-electron chi connectivity index (χ2n) is 9.30. The van der Waals surface area contributed by atoms with Crippen LogP contribution in [0.5, 0.6) is 0 Å². The molecule has 1 aliphatic heterocycles. The first kappa shape index (κ1) is 19.0. The van der Waals surface area contributed by atoms with Crippen molar-refractivity contribution in [3.05, 3.63) is 41.2 Å². The van der Waals surface area contributed by atoms with Gasteiger partial charge >= 0.3 is 5.82 Å². The SMILES string of the molecule is CC1(C)[C@@H]2CC[C@@]1(C)[C@]1(C2)C[n+]2cn(-c3c(F)c(F)c(F)c(F)c3F)nc2CO1. The summed E-state index contributed by atoms with van der Waals surface area (Å²) in [5.74, 6) is -9.10. The van der Waals surface area contributed by atoms with Crippen LogP contribution in [0, 0.1) is 45.8 Å². The first-order chi connectivity index (χ1) is 13.5. The van der Waals surface area contributed by atoms with Crippen LogP contribution in [0.25, 0.3) is 5.69 Å². The van der Waals surface area contributed by atoms with Crippen molar-refractivity contribution in [1.82, 2.24) is 9.78 Å². The molecular formula is C20H21F5N3O+. The van der Waals surface area contributed by atoms with Crippen LogP contribution in [0.1, 0.15) is 45.9 Å². The number of fused-ring (bicyclic) bond motifs is 4. The van der Waals surface area contributed by atoms with E-state index < -0.39 is 40.4 Å². The normalized spacial score (nSPS) is 32.2. The molecule has 4 nitrogen and oxygen atoms in total. The Morgan fingerprint density at radius 1 is 1.03 bits per heavy atom. The quantitative estimate of drug-likeness (QED) is 0.306. The van der Waals surface area contributed by atoms with Crippen LogP contribution in [-0.4, -0.2) is 15.4 Å². The summed E-state index contributed by atoms with van der Waals surface area (Å²) in [6, 6.07) is 0. The third kappa shape index (κ3) is 2.12. The largest absolute Gasteiger partial charge is 0.360 e. The minimum absolute atomic E-state index is 0.0813. The van der Waals surface area contributed by atoms with E-state index in [1.54, 1.807) is 4.57 Å². The zero-order chi connectivity index (χ0) is 20.9. The van der Waals surface area contributed by atoms with Crippen LogP contribution in [-0.2, 0) is 17.9 Å². The van der Waals surface area contributed by atoms with Crippen molar-refractivity contribution in [1.29, 1.82) is 0 Å². The van der Waals surface area contributed by atoms with E-state index in [4.69, 9.17) is 4.74 Å². The molecule has 3 aliphatic rings. The van der Waals surface area contributed by atoms with Gasteiger partial charge in [-0.05, 0) is 30.6 Å². The van der Waals surface area contributed by atoms with Gasteiger partial charge in [-0.2, -0.15) is 8.78 Å². The van der Waals surface area contributed by atoms with E-state index in [-0.39, 0.29) is 17.4 Å². The first-order valence-electron chi connectivity index (χ1n) is 9.66. The van der Waals surface area contributed by atoms with Gasteiger partial charge in [-0.1, -0.05) is 25.5 Å². The molecule has 1 aromatic heterocycles. The van der Waals surface area contributed by atoms with Gasteiger partial charge in [0.05, 0.1) is 0 Å². The zero-order valence-electron chi connectivity index (χ0n) is 16.3. The van der Waals surface area contributed by atoms with Gasteiger partial charge in [0.2, 0.25) is 41.1 Å². The Labute approximate surface area is 164 Å². The minimum atomic E-state index is -2.19. The van der Waals surface area contributed by atoms with E-state index in [9.17, 15) is 22.0 Å². The number of halogens is 5. The molecule has 9 heteroatoms. The summed E-state index contributed by atoms with van der Waals surface area (Å²) < 4.78 is 77.8. The lowest BCUT2D eigenvalue weighted by atomic mass is 9.64. The van der Waals surface area contributed by atoms with Gasteiger partial charge in [-0.15, -0.1) is 0 Å². The summed E-state index contributed by atoms with van der Waals surface area (Å²) in [6.07, 6.45) is 4.32. The smallest absolute Gasteiger partial charge is 0.303 e. The zero-order valence-corrected chi connectivity index (χ0v) is 16.3. The summed E-state index contributed by atoms with van der Waals surface area (Å²) in [6.45, 7) is 7.26. The Balaban J connectivity index is 1.58. The molecule has 1 aromatic carbocycles. The third-order valence-electron chi connectivity index (χ3n) is 8.14. The summed E-state index contributed by atoms with van der Waals surface area (Å²) in [4.78, 5) is 0. The average Bonchev–Trinajstić information content (AvgIpc) is 3.23. The van der Waals surface area contributed by atoms with E-state index in [2.05, 4.69) is 25.9 Å². The fraction of sp³-hybridized carbons (Fsp3) is 0.600. The number of aromatic nitrogens is 3. The van der Waals surface area contributed by atoms with Crippen LogP contribution in [0.4, 0.5) is 22.0 Å². The molecule has 2 bridgehead atoms. The number of nitrogens with zero attached hydrogens (tertiary/aromatic N) is 3. The summed E-state index contributed by atoms with van der Waals surface area (Å²) >= 11 is 0. The molecule has 0 saturated heterocycles. The van der Waals surface area contributed by atoms with Crippen LogP contribution in [0.15, 0.2) is 6.33 Å². The summed E-state index contributed by atoms with van der Waals surface area (Å²) in [7, 11) is 0. The van der Waals surface area contributed by atoms with E-state index in [1.165, 1.54) is 6.33 Å². The van der Waals surface area contributed by atoms with Gasteiger partial charge in [0.25, 0.3) is 0 Å². The maximum Gasteiger partial charge on any atom is 0.303 e. The highest BCUT2D eigenvalue weighted by molar-refractivity contribution is 5.36. The Hall–Kier alpha value is -2.03. The monoisotopic (exact) mass is 414 g/mol. The number of hydrogen-bond donors (Lipinski definition) is 0. The van der Waals surface area contributed by atoms with Gasteiger partial charge in [0.1, 0.15) is 18.8 Å². The van der Waals surface area contributed by atoms with Crippen LogP contribution in [0.2, 0.25) is 0 Å². The average molecular weight is 414 g/mol. The lowest BCUT2D eigenvalue weighted by Crippen LogP contribution is -2.61. The van der Waals surface area contributed by atoms with Crippen molar-refractivity contribution in [2.45, 2.75) is 58.8 Å². The van der Waals surface area contributed by atoms with E-state index in [0.717, 1.165) is 19.3 Å². The highest BCUT2D eigenvalue weighted by Crippen LogP contribution is 2.71. The molecule has 2 heterocycles. The molecule has 1 spiro atoms. The second-order valence-corrected chi connectivity index (χ2v) is 9.30. The van der Waals surface area contributed by atoms with Crippen LogP contribution >= 0.6 is 0 Å². The second kappa shape index (κ2) is 5.56. The molecular weight excluding hydrogens is 393 g/mol. The fourth-order valence-electron chi connectivity index (χ4n) is 5.92. The predicted octanol–water partition coefficient (Wildman–Crippen LogP) is 3.97. The molecule has 0 amide bonds. The molecule has 29 heavy (non-hydrogen) atoms. The van der Waals surface area contributed by atoms with Gasteiger partial charge in [-0.3, -0.25) is 0 Å². The maximum absolute atomic E-state index is 14.2. The molecule has 0 unspecified atom stereocenters. The summed E-state index contributed by atoms with van der Waals surface area (Å²) in [5.41, 5.74) is -1.52. The molecule has 5 rings (SSSR count). The molecule has 2 saturated carbocycles. The standard InChI is InChI=1S/C20H21F5N3O/c1-18(2)10-4-5-19(18,3)20(6-10)8-27-9-28(26-11(27)7-29-20)17-15(24)13(22)12(21)14(23)16(17)25/h9-10H,4-8H2,1-3H3/q+1/t10-,19-,20+/m1/s1. The van der Waals surface area contributed by atoms with Crippen molar-refractivity contribution in [3.63, 3.8) is 0 Å². The molecule has 2 aromatic rings. The molecule has 0 N–H and O–H groups in total. The predicted molar refractivity (Wildman–Crippen MR) is 90.3 cm³/mol. The van der Waals surface area contributed by atoms with Gasteiger partial charge in [0, 0.05) is 10.5 Å². The fourth-order valence-corrected chi connectivity index (χ4v) is 5.92. The van der Waals surface area contributed by atoms with Gasteiger partial charge in [-0.25, -0.2) is 17.7 Å². The molecule has 156 valence electrons. The first-order valence-corrected chi connectivity index (χ1v) is 9.66. The minimum Gasteiger partial charge on any atom is -0.360 e. The number of ether oxygens (including phenoxy) is 1. The van der Waals surface area contributed by atoms with E-state index in [1.807, 2.05) is 0 Å². The number of hydrogen-bond acceptors (Lipinski definition) is 2. The topological polar surface area (TPSA) is 30.9 Å². The highest BCUT2D eigenvalue weighted by atomic mass is 19.2. The number of benzene rings is 1. The molecule has 2 aliphatic carbocycles. The number of rotatable bonds is 1. The van der Waals surface area contributed by atoms with Crippen molar-refractivity contribution in [2.75, 3.05) is 0 Å². The Morgan fingerprint density at radius 2 is 1.66 bits per heavy atom. The molecule has 0 radical (unpaired) electrons. The highest BCUT2D eigenvalue weighted by Gasteiger charge is 2.71. The third-order valence-corrected chi connectivity index (χ3v) is 8.14. The van der Waals surface area contributed by atoms with Crippen molar-refractivity contribution >= 4 is 0 Å². The Bertz CT molecular complexity index is 1020. The Kier molecular flexibility index (Phi) is 3.64. The van der Waals surface area contributed by atoms with Crippen molar-refractivity contribution in [3.8, 4) is 5.69 Å². The molecule has 2 fully saturated rings. The lowest BCUT2D eigenvalue weighted by molar-refractivity contribution is -0.736. The maximum atomic E-state index is 14.2. The Morgan fingerprint density at radius 3 is 2.21 bits per heavy atom. The summed E-state index contributed by atoms with van der Waals surface area (Å²) in [5, 5.41) is 4.05. The van der Waals surface area contributed by atoms with E-state index in [0.29, 0.717) is 23.0 Å². The van der Waals surface area contributed by atoms with Crippen molar-refractivity contribution < 1.29 is 31.3 Å².